The van der Waals surface area contributed by atoms with Gasteiger partial charge in [-0.05, 0) is 36.9 Å². The second kappa shape index (κ2) is 7.40. The summed E-state index contributed by atoms with van der Waals surface area (Å²) >= 11 is 0. The Morgan fingerprint density at radius 3 is 2.62 bits per heavy atom. The van der Waals surface area contributed by atoms with Crippen LogP contribution in [0.25, 0.3) is 0 Å². The number of aromatic nitrogens is 1. The third-order valence-electron chi connectivity index (χ3n) is 4.24. The maximum atomic E-state index is 13.2. The van der Waals surface area contributed by atoms with Gasteiger partial charge in [0.2, 0.25) is 0 Å². The maximum absolute atomic E-state index is 13.2. The topological polar surface area (TPSA) is 48.5 Å². The summed E-state index contributed by atoms with van der Waals surface area (Å²) in [4.78, 5) is 21.2. The number of pyridine rings is 1. The molecule has 0 atom stereocenters. The average Bonchev–Trinajstić information content (AvgIpc) is 2.62. The molecule has 0 aliphatic carbocycles. The Morgan fingerprint density at radius 1 is 1.21 bits per heavy atom. The number of carbonyl (C=O) groups excluding carboxylic acids is 1. The zero-order valence-electron chi connectivity index (χ0n) is 13.7. The normalized spacial score (nSPS) is 15.3. The fraction of sp³-hybridized carbons (Fsp3) is 0.333. The van der Waals surface area contributed by atoms with E-state index in [0.29, 0.717) is 5.69 Å². The van der Waals surface area contributed by atoms with Gasteiger partial charge in [0, 0.05) is 31.7 Å². The SMILES string of the molecule is CCN1CCN(c2ccc(NC(=O)c3cccc(F)c3)cn2)CC1. The van der Waals surface area contributed by atoms with E-state index in [-0.39, 0.29) is 11.5 Å². The Morgan fingerprint density at radius 2 is 2.00 bits per heavy atom. The summed E-state index contributed by atoms with van der Waals surface area (Å²) in [5.41, 5.74) is 0.884. The standard InChI is InChI=1S/C18H21FN4O/c1-2-22-8-10-23(11-9-22)17-7-6-16(13-20-17)21-18(24)14-4-3-5-15(19)12-14/h3-7,12-13H,2,8-11H2,1H3,(H,21,24). The molecule has 1 aromatic heterocycles. The highest BCUT2D eigenvalue weighted by Gasteiger charge is 2.16. The Labute approximate surface area is 141 Å². The van der Waals surface area contributed by atoms with Crippen molar-refractivity contribution in [3.05, 3.63) is 54.0 Å². The van der Waals surface area contributed by atoms with Crippen LogP contribution in [0.3, 0.4) is 0 Å². The van der Waals surface area contributed by atoms with Crippen molar-refractivity contribution in [1.29, 1.82) is 0 Å². The number of nitrogens with zero attached hydrogens (tertiary/aromatic N) is 3. The monoisotopic (exact) mass is 328 g/mol. The molecule has 1 saturated heterocycles. The Kier molecular flexibility index (Phi) is 5.05. The lowest BCUT2D eigenvalue weighted by atomic mass is 10.2. The van der Waals surface area contributed by atoms with Crippen LogP contribution in [0, 0.1) is 5.82 Å². The van der Waals surface area contributed by atoms with Crippen LogP contribution in [0.4, 0.5) is 15.9 Å². The zero-order valence-corrected chi connectivity index (χ0v) is 13.7. The predicted octanol–water partition coefficient (Wildman–Crippen LogP) is 2.61. The third kappa shape index (κ3) is 3.89. The van der Waals surface area contributed by atoms with Crippen molar-refractivity contribution in [3.63, 3.8) is 0 Å². The molecule has 0 unspecified atom stereocenters. The number of piperazine rings is 1. The first kappa shape index (κ1) is 16.4. The van der Waals surface area contributed by atoms with Crippen molar-refractivity contribution in [3.8, 4) is 0 Å². The average molecular weight is 328 g/mol. The third-order valence-corrected chi connectivity index (χ3v) is 4.24. The van der Waals surface area contributed by atoms with Crippen LogP contribution in [0.1, 0.15) is 17.3 Å². The number of anilines is 2. The van der Waals surface area contributed by atoms with Gasteiger partial charge in [0.1, 0.15) is 11.6 Å². The van der Waals surface area contributed by atoms with Crippen molar-refractivity contribution < 1.29 is 9.18 Å². The molecule has 0 bridgehead atoms. The van der Waals surface area contributed by atoms with E-state index in [1.165, 1.54) is 18.2 Å². The Bertz CT molecular complexity index is 696. The molecule has 0 radical (unpaired) electrons. The molecular weight excluding hydrogens is 307 g/mol. The molecule has 0 saturated carbocycles. The summed E-state index contributed by atoms with van der Waals surface area (Å²) in [5, 5.41) is 2.74. The van der Waals surface area contributed by atoms with E-state index in [4.69, 9.17) is 0 Å². The second-order valence-corrected chi connectivity index (χ2v) is 5.79. The number of amides is 1. The van der Waals surface area contributed by atoms with Crippen LogP contribution in [-0.2, 0) is 0 Å². The summed E-state index contributed by atoms with van der Waals surface area (Å²) in [6.45, 7) is 7.23. The maximum Gasteiger partial charge on any atom is 0.255 e. The smallest absolute Gasteiger partial charge is 0.255 e. The van der Waals surface area contributed by atoms with Crippen LogP contribution in [-0.4, -0.2) is 48.5 Å². The highest BCUT2D eigenvalue weighted by molar-refractivity contribution is 6.04. The lowest BCUT2D eigenvalue weighted by molar-refractivity contribution is 0.102. The van der Waals surface area contributed by atoms with Crippen LogP contribution in [0.2, 0.25) is 0 Å². The first-order chi connectivity index (χ1) is 11.7. The van der Waals surface area contributed by atoms with E-state index in [1.54, 1.807) is 12.3 Å². The van der Waals surface area contributed by atoms with Crippen LogP contribution in [0.15, 0.2) is 42.6 Å². The first-order valence-corrected chi connectivity index (χ1v) is 8.16. The van der Waals surface area contributed by atoms with Gasteiger partial charge < -0.3 is 15.1 Å². The molecule has 1 fully saturated rings. The molecule has 3 rings (SSSR count). The van der Waals surface area contributed by atoms with Crippen molar-refractivity contribution in [2.24, 2.45) is 0 Å². The van der Waals surface area contributed by atoms with E-state index >= 15 is 0 Å². The van der Waals surface area contributed by atoms with E-state index < -0.39 is 5.82 Å². The zero-order chi connectivity index (χ0) is 16.9. The number of rotatable bonds is 4. The van der Waals surface area contributed by atoms with Gasteiger partial charge in [0.25, 0.3) is 5.91 Å². The molecule has 1 amide bonds. The minimum Gasteiger partial charge on any atom is -0.354 e. The fourth-order valence-electron chi connectivity index (χ4n) is 2.77. The van der Waals surface area contributed by atoms with Crippen molar-refractivity contribution in [1.82, 2.24) is 9.88 Å². The molecule has 1 N–H and O–H groups in total. The van der Waals surface area contributed by atoms with Crippen LogP contribution < -0.4 is 10.2 Å². The largest absolute Gasteiger partial charge is 0.354 e. The molecule has 5 nitrogen and oxygen atoms in total. The van der Waals surface area contributed by atoms with Crippen molar-refractivity contribution >= 4 is 17.4 Å². The number of benzene rings is 1. The number of nitrogens with one attached hydrogen (secondary N) is 1. The number of likely N-dealkylation sites (N-methyl/N-ethyl adjacent to an activating group) is 1. The Balaban J connectivity index is 1.61. The van der Waals surface area contributed by atoms with Crippen LogP contribution >= 0.6 is 0 Å². The quantitative estimate of drug-likeness (QED) is 0.937. The number of hydrogen-bond acceptors (Lipinski definition) is 4. The fourth-order valence-corrected chi connectivity index (χ4v) is 2.77. The van der Waals surface area contributed by atoms with E-state index in [2.05, 4.69) is 27.0 Å². The van der Waals surface area contributed by atoms with Gasteiger partial charge in [-0.15, -0.1) is 0 Å². The first-order valence-electron chi connectivity index (χ1n) is 8.16. The minimum absolute atomic E-state index is 0.287. The molecule has 2 aromatic rings. The summed E-state index contributed by atoms with van der Waals surface area (Å²) in [7, 11) is 0. The van der Waals surface area contributed by atoms with E-state index in [9.17, 15) is 9.18 Å². The molecule has 2 heterocycles. The van der Waals surface area contributed by atoms with Crippen LogP contribution in [0.5, 0.6) is 0 Å². The molecule has 24 heavy (non-hydrogen) atoms. The minimum atomic E-state index is -0.428. The molecular formula is C18H21FN4O. The molecule has 1 aromatic carbocycles. The van der Waals surface area contributed by atoms with Gasteiger partial charge in [0.05, 0.1) is 11.9 Å². The van der Waals surface area contributed by atoms with E-state index in [0.717, 1.165) is 38.5 Å². The molecule has 126 valence electrons. The van der Waals surface area contributed by atoms with Gasteiger partial charge in [-0.1, -0.05) is 13.0 Å². The summed E-state index contributed by atoms with van der Waals surface area (Å²) in [5.74, 6) is 0.137. The highest BCUT2D eigenvalue weighted by Crippen LogP contribution is 2.17. The van der Waals surface area contributed by atoms with Gasteiger partial charge in [0.15, 0.2) is 0 Å². The summed E-state index contributed by atoms with van der Waals surface area (Å²) < 4.78 is 13.2. The van der Waals surface area contributed by atoms with Crippen molar-refractivity contribution in [2.75, 3.05) is 42.9 Å². The van der Waals surface area contributed by atoms with Gasteiger partial charge >= 0.3 is 0 Å². The number of carbonyl (C=O) groups is 1. The summed E-state index contributed by atoms with van der Waals surface area (Å²) in [6, 6.07) is 9.35. The lowest BCUT2D eigenvalue weighted by Gasteiger charge is -2.34. The summed E-state index contributed by atoms with van der Waals surface area (Å²) in [6.07, 6.45) is 1.64. The van der Waals surface area contributed by atoms with Crippen molar-refractivity contribution in [2.45, 2.75) is 6.92 Å². The molecule has 1 aliphatic heterocycles. The van der Waals surface area contributed by atoms with Gasteiger partial charge in [-0.2, -0.15) is 0 Å². The second-order valence-electron chi connectivity index (χ2n) is 5.79. The molecule has 1 aliphatic rings. The molecule has 0 spiro atoms. The number of halogens is 1. The highest BCUT2D eigenvalue weighted by atomic mass is 19.1. The number of hydrogen-bond donors (Lipinski definition) is 1. The van der Waals surface area contributed by atoms with Gasteiger partial charge in [-0.3, -0.25) is 4.79 Å². The Hall–Kier alpha value is -2.47. The molecule has 6 heteroatoms. The lowest BCUT2D eigenvalue weighted by Crippen LogP contribution is -2.46. The van der Waals surface area contributed by atoms with E-state index in [1.807, 2.05) is 12.1 Å². The predicted molar refractivity (Wildman–Crippen MR) is 92.9 cm³/mol. The van der Waals surface area contributed by atoms with Gasteiger partial charge in [-0.25, -0.2) is 9.37 Å².